The van der Waals surface area contributed by atoms with E-state index in [2.05, 4.69) is 9.98 Å². The molecule has 1 aromatic heterocycles. The number of benzene rings is 2. The van der Waals surface area contributed by atoms with E-state index in [1.165, 1.54) is 6.08 Å². The van der Waals surface area contributed by atoms with Gasteiger partial charge < -0.3 is 4.42 Å². The maximum atomic E-state index is 11.2. The second-order valence-corrected chi connectivity index (χ2v) is 3.54. The lowest BCUT2D eigenvalue weighted by molar-refractivity contribution is 0.554. The molecule has 5 heteroatoms. The molecular formula is C12H6N2O3. The molecule has 0 saturated heterocycles. The molecule has 0 radical (unpaired) electrons. The summed E-state index contributed by atoms with van der Waals surface area (Å²) in [7, 11) is 0. The normalized spacial score (nSPS) is 10.6. The number of aromatic amines is 1. The van der Waals surface area contributed by atoms with Gasteiger partial charge in [0.2, 0.25) is 6.08 Å². The monoisotopic (exact) mass is 226 g/mol. The van der Waals surface area contributed by atoms with Crippen molar-refractivity contribution in [1.29, 1.82) is 0 Å². The summed E-state index contributed by atoms with van der Waals surface area (Å²) in [6.07, 6.45) is 1.45. The average Bonchev–Trinajstić information content (AvgIpc) is 2.72. The molecule has 3 aromatic rings. The Bertz CT molecular complexity index is 822. The molecule has 0 spiro atoms. The Hall–Kier alpha value is -2.65. The third kappa shape index (κ3) is 1.38. The van der Waals surface area contributed by atoms with Crippen LogP contribution in [0.4, 0.5) is 5.69 Å². The number of oxazole rings is 1. The fourth-order valence-electron chi connectivity index (χ4n) is 1.89. The highest BCUT2D eigenvalue weighted by molar-refractivity contribution is 6.08. The quantitative estimate of drug-likeness (QED) is 0.510. The molecule has 0 fully saturated rings. The second-order valence-electron chi connectivity index (χ2n) is 3.54. The summed E-state index contributed by atoms with van der Waals surface area (Å²) in [6, 6.07) is 9.12. The highest BCUT2D eigenvalue weighted by atomic mass is 16.4. The van der Waals surface area contributed by atoms with E-state index >= 15 is 0 Å². The molecule has 5 nitrogen and oxygen atoms in total. The summed E-state index contributed by atoms with van der Waals surface area (Å²) in [5.74, 6) is -0.571. The van der Waals surface area contributed by atoms with E-state index in [0.717, 1.165) is 10.8 Å². The van der Waals surface area contributed by atoms with Gasteiger partial charge in [-0.15, -0.1) is 0 Å². The molecule has 1 N–H and O–H groups in total. The molecule has 0 amide bonds. The van der Waals surface area contributed by atoms with Crippen molar-refractivity contribution in [3.63, 3.8) is 0 Å². The van der Waals surface area contributed by atoms with E-state index in [-0.39, 0.29) is 5.58 Å². The van der Waals surface area contributed by atoms with Gasteiger partial charge in [0.1, 0.15) is 5.69 Å². The number of isocyanates is 1. The molecule has 3 rings (SSSR count). The number of rotatable bonds is 1. The zero-order chi connectivity index (χ0) is 11.8. The molecule has 1 heterocycles. The first-order valence-corrected chi connectivity index (χ1v) is 4.92. The minimum Gasteiger partial charge on any atom is -0.405 e. The van der Waals surface area contributed by atoms with Crippen molar-refractivity contribution < 1.29 is 9.21 Å². The summed E-state index contributed by atoms with van der Waals surface area (Å²) in [5, 5.41) is 1.71. The summed E-state index contributed by atoms with van der Waals surface area (Å²) in [5.41, 5.74) is 1.12. The predicted octanol–water partition coefficient (Wildman–Crippen LogP) is 2.24. The highest BCUT2D eigenvalue weighted by Crippen LogP contribution is 2.31. The van der Waals surface area contributed by atoms with Crippen LogP contribution in [0.1, 0.15) is 0 Å². The minimum absolute atomic E-state index is 0.275. The van der Waals surface area contributed by atoms with Crippen LogP contribution < -0.4 is 5.76 Å². The van der Waals surface area contributed by atoms with Gasteiger partial charge in [0, 0.05) is 5.39 Å². The van der Waals surface area contributed by atoms with Gasteiger partial charge in [0.25, 0.3) is 0 Å². The SMILES string of the molecule is O=C=Nc1cc2ccccc2c2[nH]c(=O)oc12. The lowest BCUT2D eigenvalue weighted by Crippen LogP contribution is -1.93. The summed E-state index contributed by atoms with van der Waals surface area (Å²) >= 11 is 0. The van der Waals surface area contributed by atoms with Crippen molar-refractivity contribution in [3.8, 4) is 0 Å². The first-order chi connectivity index (χ1) is 8.29. The Morgan fingerprint density at radius 1 is 1.29 bits per heavy atom. The Morgan fingerprint density at radius 3 is 2.94 bits per heavy atom. The molecule has 0 bridgehead atoms. The van der Waals surface area contributed by atoms with Crippen molar-refractivity contribution in [1.82, 2.24) is 4.98 Å². The van der Waals surface area contributed by atoms with Crippen molar-refractivity contribution in [2.45, 2.75) is 0 Å². The van der Waals surface area contributed by atoms with Crippen molar-refractivity contribution in [2.24, 2.45) is 4.99 Å². The number of nitrogens with zero attached hydrogens (tertiary/aromatic N) is 1. The van der Waals surface area contributed by atoms with E-state index in [9.17, 15) is 9.59 Å². The van der Waals surface area contributed by atoms with Gasteiger partial charge in [-0.3, -0.25) is 4.98 Å². The van der Waals surface area contributed by atoms with E-state index in [0.29, 0.717) is 11.2 Å². The van der Waals surface area contributed by atoms with Crippen LogP contribution >= 0.6 is 0 Å². The number of carbonyl (C=O) groups excluding carboxylic acids is 1. The second kappa shape index (κ2) is 3.43. The van der Waals surface area contributed by atoms with Crippen molar-refractivity contribution in [2.75, 3.05) is 0 Å². The molecule has 2 aromatic carbocycles. The van der Waals surface area contributed by atoms with Gasteiger partial charge in [0.15, 0.2) is 5.58 Å². The number of hydrogen-bond donors (Lipinski definition) is 1. The van der Waals surface area contributed by atoms with Crippen LogP contribution in [0, 0.1) is 0 Å². The standard InChI is InChI=1S/C12H6N2O3/c15-6-13-9-5-7-3-1-2-4-8(7)10-11(9)17-12(16)14-10/h1-5H,(H,14,16). The predicted molar refractivity (Wildman–Crippen MR) is 62.1 cm³/mol. The van der Waals surface area contributed by atoms with Gasteiger partial charge in [-0.2, -0.15) is 4.99 Å². The maximum absolute atomic E-state index is 11.2. The lowest BCUT2D eigenvalue weighted by atomic mass is 10.1. The molecule has 17 heavy (non-hydrogen) atoms. The third-order valence-electron chi connectivity index (χ3n) is 2.57. The van der Waals surface area contributed by atoms with E-state index < -0.39 is 5.76 Å². The number of aliphatic imine (C=N–C) groups is 1. The molecule has 0 aliphatic carbocycles. The Labute approximate surface area is 94.4 Å². The molecule has 0 saturated carbocycles. The zero-order valence-corrected chi connectivity index (χ0v) is 8.56. The Kier molecular flexibility index (Phi) is 1.93. The molecule has 0 atom stereocenters. The van der Waals surface area contributed by atoms with E-state index in [1.807, 2.05) is 24.3 Å². The average molecular weight is 226 g/mol. The van der Waals surface area contributed by atoms with Crippen LogP contribution in [-0.4, -0.2) is 11.1 Å². The van der Waals surface area contributed by atoms with Crippen molar-refractivity contribution in [3.05, 3.63) is 40.9 Å². The van der Waals surface area contributed by atoms with Crippen LogP contribution in [0.15, 0.2) is 44.5 Å². The van der Waals surface area contributed by atoms with Crippen LogP contribution in [0.5, 0.6) is 0 Å². The van der Waals surface area contributed by atoms with Crippen LogP contribution in [0.2, 0.25) is 0 Å². The highest BCUT2D eigenvalue weighted by Gasteiger charge is 2.10. The fourth-order valence-corrected chi connectivity index (χ4v) is 1.89. The molecule has 82 valence electrons. The smallest absolute Gasteiger partial charge is 0.405 e. The van der Waals surface area contributed by atoms with Crippen LogP contribution in [0.3, 0.4) is 0 Å². The largest absolute Gasteiger partial charge is 0.417 e. The van der Waals surface area contributed by atoms with E-state index in [1.54, 1.807) is 6.07 Å². The first-order valence-electron chi connectivity index (χ1n) is 4.92. The topological polar surface area (TPSA) is 75.4 Å². The van der Waals surface area contributed by atoms with Crippen LogP contribution in [0.25, 0.3) is 21.9 Å². The summed E-state index contributed by atoms with van der Waals surface area (Å²) in [4.78, 5) is 27.7. The van der Waals surface area contributed by atoms with Gasteiger partial charge in [-0.25, -0.2) is 9.59 Å². The van der Waals surface area contributed by atoms with Crippen LogP contribution in [-0.2, 0) is 4.79 Å². The molecule has 0 unspecified atom stereocenters. The third-order valence-corrected chi connectivity index (χ3v) is 2.57. The molecule has 0 aliphatic rings. The van der Waals surface area contributed by atoms with Gasteiger partial charge >= 0.3 is 5.76 Å². The zero-order valence-electron chi connectivity index (χ0n) is 8.56. The number of hydrogen-bond acceptors (Lipinski definition) is 4. The Morgan fingerprint density at radius 2 is 2.12 bits per heavy atom. The number of H-pyrrole nitrogens is 1. The maximum Gasteiger partial charge on any atom is 0.417 e. The minimum atomic E-state index is -0.571. The van der Waals surface area contributed by atoms with E-state index in [4.69, 9.17) is 4.42 Å². The van der Waals surface area contributed by atoms with Gasteiger partial charge in [0.05, 0.1) is 5.52 Å². The number of aromatic nitrogens is 1. The van der Waals surface area contributed by atoms with Gasteiger partial charge in [-0.05, 0) is 11.5 Å². The summed E-state index contributed by atoms with van der Waals surface area (Å²) in [6.45, 7) is 0. The first kappa shape index (κ1) is 9.57. The Balaban J connectivity index is 2.62. The summed E-state index contributed by atoms with van der Waals surface area (Å²) < 4.78 is 4.98. The molecular weight excluding hydrogens is 220 g/mol. The lowest BCUT2D eigenvalue weighted by Gasteiger charge is -1.99. The fraction of sp³-hybridized carbons (Fsp3) is 0. The van der Waals surface area contributed by atoms with Crippen molar-refractivity contribution >= 4 is 33.6 Å². The van der Waals surface area contributed by atoms with Gasteiger partial charge in [-0.1, -0.05) is 24.3 Å². The number of fused-ring (bicyclic) bond motifs is 3. The molecule has 0 aliphatic heterocycles. The number of nitrogens with one attached hydrogen (secondary N) is 1.